The van der Waals surface area contributed by atoms with Gasteiger partial charge in [-0.2, -0.15) is 0 Å². The van der Waals surface area contributed by atoms with E-state index in [1.54, 1.807) is 0 Å². The average Bonchev–Trinajstić information content (AvgIpc) is 2.04. The van der Waals surface area contributed by atoms with E-state index >= 15 is 0 Å². The summed E-state index contributed by atoms with van der Waals surface area (Å²) in [7, 11) is 0. The van der Waals surface area contributed by atoms with Gasteiger partial charge in [-0.1, -0.05) is 45.4 Å². The van der Waals surface area contributed by atoms with E-state index in [0.29, 0.717) is 5.92 Å². The quantitative estimate of drug-likeness (QED) is 0.519. The molecule has 0 aromatic rings. The van der Waals surface area contributed by atoms with Crippen molar-refractivity contribution in [2.24, 2.45) is 11.8 Å². The van der Waals surface area contributed by atoms with Crippen LogP contribution in [0.1, 0.15) is 40.0 Å². The molecule has 0 aliphatic carbocycles. The van der Waals surface area contributed by atoms with E-state index in [0.717, 1.165) is 12.3 Å². The van der Waals surface area contributed by atoms with E-state index < -0.39 is 0 Å². The second kappa shape index (κ2) is 7.15. The highest BCUT2D eigenvalue weighted by Crippen LogP contribution is 2.09. The summed E-state index contributed by atoms with van der Waals surface area (Å²) >= 11 is 0. The first-order valence-electron chi connectivity index (χ1n) is 4.99. The van der Waals surface area contributed by atoms with E-state index in [1.165, 1.54) is 12.8 Å². The fraction of sp³-hybridized carbons (Fsp3) is 0.667. The largest absolute Gasteiger partial charge is 0.103 e. The van der Waals surface area contributed by atoms with Crippen LogP contribution in [0.15, 0.2) is 24.8 Å². The van der Waals surface area contributed by atoms with Crippen molar-refractivity contribution in [1.29, 1.82) is 0 Å². The van der Waals surface area contributed by atoms with Crippen molar-refractivity contribution in [2.45, 2.75) is 40.0 Å². The molecule has 0 fully saturated rings. The molecule has 0 aromatic carbocycles. The van der Waals surface area contributed by atoms with E-state index in [4.69, 9.17) is 0 Å². The Hall–Kier alpha value is -0.520. The Morgan fingerprint density at radius 1 is 1.25 bits per heavy atom. The van der Waals surface area contributed by atoms with Crippen molar-refractivity contribution in [3.8, 4) is 0 Å². The van der Waals surface area contributed by atoms with Crippen LogP contribution in [0.3, 0.4) is 0 Å². The third kappa shape index (κ3) is 6.21. The molecular weight excluding hydrogens is 144 g/mol. The molecule has 0 radical (unpaired) electrons. The van der Waals surface area contributed by atoms with Crippen molar-refractivity contribution in [3.63, 3.8) is 0 Å². The number of hydrogen-bond acceptors (Lipinski definition) is 0. The lowest BCUT2D eigenvalue weighted by Gasteiger charge is -2.03. The standard InChI is InChI=1S/C12H22/c1-5-8-12(4)10-7-9-11(3)6-2/h6-7,10-12H,2,5,8-9H2,1,3-4H3. The Labute approximate surface area is 77.4 Å². The first-order chi connectivity index (χ1) is 5.70. The second-order valence-corrected chi connectivity index (χ2v) is 3.64. The lowest BCUT2D eigenvalue weighted by atomic mass is 10.0. The molecule has 0 aliphatic rings. The topological polar surface area (TPSA) is 0 Å². The summed E-state index contributed by atoms with van der Waals surface area (Å²) in [5.41, 5.74) is 0. The Bertz CT molecular complexity index is 133. The van der Waals surface area contributed by atoms with Gasteiger partial charge in [0.05, 0.1) is 0 Å². The van der Waals surface area contributed by atoms with Crippen LogP contribution in [0.4, 0.5) is 0 Å². The Kier molecular flexibility index (Phi) is 6.84. The molecule has 2 atom stereocenters. The molecule has 0 rings (SSSR count). The second-order valence-electron chi connectivity index (χ2n) is 3.64. The normalized spacial score (nSPS) is 16.2. The number of hydrogen-bond donors (Lipinski definition) is 0. The third-order valence-electron chi connectivity index (χ3n) is 2.12. The van der Waals surface area contributed by atoms with Gasteiger partial charge >= 0.3 is 0 Å². The van der Waals surface area contributed by atoms with Crippen LogP contribution in [-0.2, 0) is 0 Å². The van der Waals surface area contributed by atoms with Crippen molar-refractivity contribution in [2.75, 3.05) is 0 Å². The summed E-state index contributed by atoms with van der Waals surface area (Å²) < 4.78 is 0. The smallest absolute Gasteiger partial charge is 0.0230 e. The van der Waals surface area contributed by atoms with Gasteiger partial charge in [0.2, 0.25) is 0 Å². The molecule has 0 heterocycles. The van der Waals surface area contributed by atoms with E-state index in [2.05, 4.69) is 39.5 Å². The molecule has 0 aliphatic heterocycles. The summed E-state index contributed by atoms with van der Waals surface area (Å²) in [5, 5.41) is 0. The van der Waals surface area contributed by atoms with Crippen LogP contribution in [-0.4, -0.2) is 0 Å². The monoisotopic (exact) mass is 166 g/mol. The van der Waals surface area contributed by atoms with E-state index in [-0.39, 0.29) is 0 Å². The van der Waals surface area contributed by atoms with Crippen LogP contribution in [0.2, 0.25) is 0 Å². The van der Waals surface area contributed by atoms with Crippen molar-refractivity contribution in [1.82, 2.24) is 0 Å². The Balaban J connectivity index is 3.53. The van der Waals surface area contributed by atoms with Gasteiger partial charge in [-0.15, -0.1) is 6.58 Å². The highest BCUT2D eigenvalue weighted by molar-refractivity contribution is 4.90. The van der Waals surface area contributed by atoms with Crippen LogP contribution < -0.4 is 0 Å². The number of rotatable bonds is 6. The maximum Gasteiger partial charge on any atom is -0.0230 e. The Morgan fingerprint density at radius 3 is 2.42 bits per heavy atom. The predicted molar refractivity (Wildman–Crippen MR) is 57.2 cm³/mol. The van der Waals surface area contributed by atoms with E-state index in [1.807, 2.05) is 6.08 Å². The fourth-order valence-electron chi connectivity index (χ4n) is 1.17. The molecule has 0 saturated heterocycles. The molecule has 70 valence electrons. The Morgan fingerprint density at radius 2 is 1.92 bits per heavy atom. The van der Waals surface area contributed by atoms with Crippen LogP contribution >= 0.6 is 0 Å². The highest BCUT2D eigenvalue weighted by atomic mass is 14.0. The first-order valence-corrected chi connectivity index (χ1v) is 4.99. The zero-order valence-electron chi connectivity index (χ0n) is 8.72. The van der Waals surface area contributed by atoms with Crippen LogP contribution in [0.5, 0.6) is 0 Å². The maximum atomic E-state index is 3.76. The third-order valence-corrected chi connectivity index (χ3v) is 2.12. The van der Waals surface area contributed by atoms with Crippen molar-refractivity contribution >= 4 is 0 Å². The molecule has 2 unspecified atom stereocenters. The van der Waals surface area contributed by atoms with Gasteiger partial charge in [-0.25, -0.2) is 0 Å². The van der Waals surface area contributed by atoms with Gasteiger partial charge < -0.3 is 0 Å². The predicted octanol–water partition coefficient (Wildman–Crippen LogP) is 4.19. The van der Waals surface area contributed by atoms with Crippen LogP contribution in [0.25, 0.3) is 0 Å². The summed E-state index contributed by atoms with van der Waals surface area (Å²) in [6, 6.07) is 0. The molecule has 0 amide bonds. The van der Waals surface area contributed by atoms with Gasteiger partial charge in [0.1, 0.15) is 0 Å². The molecule has 0 N–H and O–H groups in total. The van der Waals surface area contributed by atoms with E-state index in [9.17, 15) is 0 Å². The van der Waals surface area contributed by atoms with Gasteiger partial charge in [-0.05, 0) is 24.7 Å². The van der Waals surface area contributed by atoms with Gasteiger partial charge in [0, 0.05) is 0 Å². The SMILES string of the molecule is C=CC(C)CC=CC(C)CCC. The minimum Gasteiger partial charge on any atom is -0.103 e. The fourth-order valence-corrected chi connectivity index (χ4v) is 1.17. The molecule has 0 nitrogen and oxygen atoms in total. The lowest BCUT2D eigenvalue weighted by Crippen LogP contribution is -1.89. The van der Waals surface area contributed by atoms with Gasteiger partial charge in [0.25, 0.3) is 0 Å². The van der Waals surface area contributed by atoms with Crippen LogP contribution in [0, 0.1) is 11.8 Å². The summed E-state index contributed by atoms with van der Waals surface area (Å²) in [6.45, 7) is 10.5. The number of allylic oxidation sites excluding steroid dienone is 3. The molecule has 0 heteroatoms. The lowest BCUT2D eigenvalue weighted by molar-refractivity contribution is 0.628. The molecule has 0 spiro atoms. The van der Waals surface area contributed by atoms with Gasteiger partial charge in [0.15, 0.2) is 0 Å². The first kappa shape index (κ1) is 11.5. The molecule has 0 saturated carbocycles. The zero-order valence-corrected chi connectivity index (χ0v) is 8.72. The molecule has 0 aromatic heterocycles. The maximum absolute atomic E-state index is 3.76. The van der Waals surface area contributed by atoms with Crippen molar-refractivity contribution in [3.05, 3.63) is 24.8 Å². The molecule has 12 heavy (non-hydrogen) atoms. The average molecular weight is 166 g/mol. The van der Waals surface area contributed by atoms with Gasteiger partial charge in [-0.3, -0.25) is 0 Å². The summed E-state index contributed by atoms with van der Waals surface area (Å²) in [4.78, 5) is 0. The minimum absolute atomic E-state index is 0.620. The van der Waals surface area contributed by atoms with Crippen molar-refractivity contribution < 1.29 is 0 Å². The molecular formula is C12H22. The highest BCUT2D eigenvalue weighted by Gasteiger charge is 1.94. The molecule has 0 bridgehead atoms. The zero-order chi connectivity index (χ0) is 9.40. The summed E-state index contributed by atoms with van der Waals surface area (Å²) in [5.74, 6) is 1.36. The summed E-state index contributed by atoms with van der Waals surface area (Å²) in [6.07, 6.45) is 10.3. The minimum atomic E-state index is 0.620.